The molecule has 0 aromatic heterocycles. The average Bonchev–Trinajstić information content (AvgIpc) is 1.76. The Hall–Kier alpha value is 0.439. The first-order chi connectivity index (χ1) is 2.21. The fourth-order valence-corrected chi connectivity index (χ4v) is 0.384. The maximum absolute atomic E-state index is 8.44. The van der Waals surface area contributed by atoms with Crippen LogP contribution in [0.25, 0.3) is 0 Å². The summed E-state index contributed by atoms with van der Waals surface area (Å²) in [4.78, 5) is 0. The summed E-state index contributed by atoms with van der Waals surface area (Å²) in [7, 11) is 0. The van der Waals surface area contributed by atoms with Gasteiger partial charge in [-0.05, 0) is 0 Å². The van der Waals surface area contributed by atoms with Gasteiger partial charge in [0.05, 0.1) is 0 Å². The third kappa shape index (κ3) is 0.893. The minimum atomic E-state index is -0.688. The average molecular weight is 138 g/mol. The van der Waals surface area contributed by atoms with Crippen LogP contribution in [0.3, 0.4) is 0 Å². The molecule has 1 aliphatic heterocycles. The molecule has 5 heavy (non-hydrogen) atoms. The molecule has 0 amide bonds. The van der Waals surface area contributed by atoms with E-state index in [4.69, 9.17) is 10.8 Å². The Kier molecular flexibility index (Phi) is 0.534. The molecule has 3 N–H and O–H groups in total. The molecule has 1 aliphatic rings. The van der Waals surface area contributed by atoms with Crippen LogP contribution in [0.1, 0.15) is 0 Å². The molecule has 1 heterocycles. The van der Waals surface area contributed by atoms with Gasteiger partial charge in [-0.2, -0.15) is 0 Å². The summed E-state index contributed by atoms with van der Waals surface area (Å²) in [6, 6.07) is 0. The van der Waals surface area contributed by atoms with Crippen LogP contribution in [0.2, 0.25) is 5.32 Å². The molecule has 1 rings (SSSR count). The monoisotopic (exact) mass is 139 g/mol. The predicted octanol–water partition coefficient (Wildman–Crippen LogP) is -1.27. The third-order valence-electron chi connectivity index (χ3n) is 0.440. The van der Waals surface area contributed by atoms with E-state index in [1.165, 1.54) is 0 Å². The van der Waals surface area contributed by atoms with Crippen molar-refractivity contribution in [3.05, 3.63) is 0 Å². The quantitative estimate of drug-likeness (QED) is 0.323. The predicted molar refractivity (Wildman–Crippen MR) is 19.7 cm³/mol. The van der Waals surface area contributed by atoms with Crippen LogP contribution in [0.4, 0.5) is 0 Å². The van der Waals surface area contributed by atoms with Gasteiger partial charge in [-0.15, -0.1) is 0 Å². The van der Waals surface area contributed by atoms with Gasteiger partial charge in [-0.3, -0.25) is 0 Å². The van der Waals surface area contributed by atoms with Gasteiger partial charge in [0.2, 0.25) is 0 Å². The second kappa shape index (κ2) is 0.737. The third-order valence-corrected chi connectivity index (χ3v) is 2.29. The Morgan fingerprint density at radius 2 is 2.20 bits per heavy atom. The van der Waals surface area contributed by atoms with E-state index in [0.717, 1.165) is 5.32 Å². The fourth-order valence-electron chi connectivity index (χ4n) is 0.0739. The van der Waals surface area contributed by atoms with Crippen molar-refractivity contribution in [2.75, 3.05) is 0 Å². The van der Waals surface area contributed by atoms with E-state index in [-0.39, 0.29) is 0 Å². The molecular formula is C2H5NOSe. The first-order valence-electron chi connectivity index (χ1n) is 1.36. The summed E-state index contributed by atoms with van der Waals surface area (Å²) in [5, 5.41) is 9.28. The van der Waals surface area contributed by atoms with Crippen molar-refractivity contribution in [2.45, 2.75) is 9.94 Å². The molecule has 1 saturated heterocycles. The van der Waals surface area contributed by atoms with Crippen molar-refractivity contribution in [1.29, 1.82) is 0 Å². The normalized spacial score (nSPS) is 49.2. The van der Waals surface area contributed by atoms with Crippen molar-refractivity contribution in [3.63, 3.8) is 0 Å². The molecule has 1 atom stereocenters. The second-order valence-electron chi connectivity index (χ2n) is 1.13. The molecule has 2 nitrogen and oxygen atoms in total. The topological polar surface area (TPSA) is 46.2 Å². The number of hydrogen-bond acceptors (Lipinski definition) is 2. The molecule has 0 spiro atoms. The second-order valence-corrected chi connectivity index (χ2v) is 3.83. The van der Waals surface area contributed by atoms with E-state index in [1.54, 1.807) is 0 Å². The maximum atomic E-state index is 8.44. The van der Waals surface area contributed by atoms with Crippen molar-refractivity contribution < 1.29 is 5.11 Å². The van der Waals surface area contributed by atoms with Gasteiger partial charge < -0.3 is 0 Å². The Labute approximate surface area is 36.5 Å². The molecule has 0 radical (unpaired) electrons. The summed E-state index contributed by atoms with van der Waals surface area (Å²) in [5.74, 6) is 0. The van der Waals surface area contributed by atoms with Gasteiger partial charge in [-0.1, -0.05) is 0 Å². The molecule has 0 bridgehead atoms. The molecule has 1 unspecified atom stereocenters. The summed E-state index contributed by atoms with van der Waals surface area (Å²) in [6.07, 6.45) is 0. The summed E-state index contributed by atoms with van der Waals surface area (Å²) >= 11 is 0.354. The SMILES string of the molecule is NC1(O)C[Se]1. The van der Waals surface area contributed by atoms with Crippen LogP contribution in [-0.2, 0) is 0 Å². The Morgan fingerprint density at radius 1 is 2.00 bits per heavy atom. The van der Waals surface area contributed by atoms with Gasteiger partial charge in [0, 0.05) is 0 Å². The molecule has 30 valence electrons. The van der Waals surface area contributed by atoms with Crippen LogP contribution in [0.5, 0.6) is 0 Å². The van der Waals surface area contributed by atoms with E-state index in [9.17, 15) is 0 Å². The first-order valence-corrected chi connectivity index (χ1v) is 3.43. The van der Waals surface area contributed by atoms with E-state index >= 15 is 0 Å². The van der Waals surface area contributed by atoms with Crippen LogP contribution >= 0.6 is 0 Å². The van der Waals surface area contributed by atoms with Gasteiger partial charge in [0.1, 0.15) is 0 Å². The van der Waals surface area contributed by atoms with Crippen molar-refractivity contribution in [3.8, 4) is 0 Å². The summed E-state index contributed by atoms with van der Waals surface area (Å²) < 4.78 is -0.688. The fraction of sp³-hybridized carbons (Fsp3) is 1.00. The summed E-state index contributed by atoms with van der Waals surface area (Å²) in [5.41, 5.74) is 5.05. The van der Waals surface area contributed by atoms with Crippen molar-refractivity contribution in [2.24, 2.45) is 5.73 Å². The molecule has 0 aromatic carbocycles. The van der Waals surface area contributed by atoms with Crippen LogP contribution in [0.15, 0.2) is 0 Å². The van der Waals surface area contributed by atoms with Gasteiger partial charge in [0.15, 0.2) is 0 Å². The zero-order chi connectivity index (χ0) is 3.91. The molecule has 0 aromatic rings. The molecule has 3 heteroatoms. The number of aliphatic hydroxyl groups is 1. The van der Waals surface area contributed by atoms with E-state index in [2.05, 4.69) is 0 Å². The van der Waals surface area contributed by atoms with Crippen molar-refractivity contribution in [1.82, 2.24) is 0 Å². The molecule has 0 aliphatic carbocycles. The Bertz CT molecular complexity index is 47.6. The van der Waals surface area contributed by atoms with Gasteiger partial charge in [0.25, 0.3) is 0 Å². The molecule has 0 saturated carbocycles. The van der Waals surface area contributed by atoms with Gasteiger partial charge in [-0.25, -0.2) is 0 Å². The van der Waals surface area contributed by atoms with Crippen LogP contribution < -0.4 is 5.73 Å². The first kappa shape index (κ1) is 3.62. The van der Waals surface area contributed by atoms with E-state index in [0.29, 0.717) is 15.0 Å². The zero-order valence-electron chi connectivity index (χ0n) is 2.64. The molecule has 1 fully saturated rings. The number of rotatable bonds is 0. The minimum absolute atomic E-state index is 0.354. The standard InChI is InChI=1S/C2H5NOSe/c3-2(4)1-5-2/h4H,1,3H2. The van der Waals surface area contributed by atoms with Crippen molar-refractivity contribution >= 4 is 15.0 Å². The van der Waals surface area contributed by atoms with Gasteiger partial charge >= 0.3 is 35.7 Å². The van der Waals surface area contributed by atoms with Crippen LogP contribution in [-0.4, -0.2) is 24.7 Å². The number of hydrogen-bond donors (Lipinski definition) is 2. The van der Waals surface area contributed by atoms with E-state index in [1.807, 2.05) is 0 Å². The molecular weight excluding hydrogens is 133 g/mol. The summed E-state index contributed by atoms with van der Waals surface area (Å²) in [6.45, 7) is 0. The zero-order valence-corrected chi connectivity index (χ0v) is 4.35. The van der Waals surface area contributed by atoms with Crippen LogP contribution in [0, 0.1) is 0 Å². The Balaban J connectivity index is 2.38. The number of nitrogens with two attached hydrogens (primary N) is 1. The Morgan fingerprint density at radius 3 is 2.20 bits per heavy atom. The van der Waals surface area contributed by atoms with E-state index < -0.39 is 4.62 Å².